The minimum Gasteiger partial charge on any atom is -0.382 e. The van der Waals surface area contributed by atoms with Crippen LogP contribution in [0.1, 0.15) is 20.3 Å². The van der Waals surface area contributed by atoms with Gasteiger partial charge >= 0.3 is 0 Å². The van der Waals surface area contributed by atoms with Gasteiger partial charge in [0.05, 0.1) is 11.8 Å². The van der Waals surface area contributed by atoms with Gasteiger partial charge in [-0.25, -0.2) is 9.97 Å². The van der Waals surface area contributed by atoms with E-state index < -0.39 is 0 Å². The predicted octanol–water partition coefficient (Wildman–Crippen LogP) is 1.96. The molecule has 13 heavy (non-hydrogen) atoms. The maximum atomic E-state index is 5.51. The Kier molecular flexibility index (Phi) is 3.25. The zero-order valence-electron chi connectivity index (χ0n) is 7.91. The predicted molar refractivity (Wildman–Crippen MR) is 54.3 cm³/mol. The molecule has 2 heterocycles. The maximum Gasteiger partial charge on any atom is 0.151 e. The van der Waals surface area contributed by atoms with Gasteiger partial charge in [0.15, 0.2) is 5.82 Å². The fourth-order valence-electron chi connectivity index (χ4n) is 0.889. The monoisotopic (exact) mass is 178 g/mol. The number of imidazole rings is 1. The third-order valence-electron chi connectivity index (χ3n) is 1.37. The summed E-state index contributed by atoms with van der Waals surface area (Å²) in [5.41, 5.74) is 7.17. The van der Waals surface area contributed by atoms with Gasteiger partial charge in [0.25, 0.3) is 0 Å². The van der Waals surface area contributed by atoms with Crippen molar-refractivity contribution in [2.45, 2.75) is 20.3 Å². The average Bonchev–Trinajstić information content (AvgIpc) is 2.54. The van der Waals surface area contributed by atoms with Gasteiger partial charge < -0.3 is 10.7 Å². The molecule has 0 spiro atoms. The van der Waals surface area contributed by atoms with Crippen LogP contribution in [0.2, 0.25) is 0 Å². The Hall–Kier alpha value is -1.58. The minimum atomic E-state index is 0.471. The molecular weight excluding hydrogens is 164 g/mol. The SMILES string of the molecule is CCC.Nc1nccc2[nH]cnc12. The second-order valence-electron chi connectivity index (χ2n) is 2.70. The van der Waals surface area contributed by atoms with Crippen LogP contribution in [0.4, 0.5) is 5.82 Å². The fraction of sp³-hybridized carbons (Fsp3) is 0.333. The number of pyridine rings is 1. The number of nitrogens with one attached hydrogen (secondary N) is 1. The van der Waals surface area contributed by atoms with Crippen molar-refractivity contribution in [2.75, 3.05) is 5.73 Å². The van der Waals surface area contributed by atoms with Crippen LogP contribution in [0.3, 0.4) is 0 Å². The number of H-pyrrole nitrogens is 1. The van der Waals surface area contributed by atoms with E-state index in [-0.39, 0.29) is 0 Å². The van der Waals surface area contributed by atoms with Gasteiger partial charge in [0, 0.05) is 6.20 Å². The number of rotatable bonds is 0. The van der Waals surface area contributed by atoms with Crippen molar-refractivity contribution in [3.63, 3.8) is 0 Å². The van der Waals surface area contributed by atoms with Crippen molar-refractivity contribution in [2.24, 2.45) is 0 Å². The lowest BCUT2D eigenvalue weighted by molar-refractivity contribution is 1.09. The number of aromatic nitrogens is 3. The first-order valence-electron chi connectivity index (χ1n) is 4.33. The van der Waals surface area contributed by atoms with E-state index in [9.17, 15) is 0 Å². The van der Waals surface area contributed by atoms with Crippen molar-refractivity contribution in [1.82, 2.24) is 15.0 Å². The Bertz CT molecular complexity index is 366. The fourth-order valence-corrected chi connectivity index (χ4v) is 0.889. The molecule has 3 N–H and O–H groups in total. The number of hydrogen-bond acceptors (Lipinski definition) is 3. The Labute approximate surface area is 77.2 Å². The van der Waals surface area contributed by atoms with Gasteiger partial charge in [-0.2, -0.15) is 0 Å². The molecule has 0 radical (unpaired) electrons. The molecule has 0 aliphatic rings. The second-order valence-corrected chi connectivity index (χ2v) is 2.70. The first-order valence-corrected chi connectivity index (χ1v) is 4.33. The van der Waals surface area contributed by atoms with Crippen LogP contribution < -0.4 is 5.73 Å². The molecule has 0 aliphatic carbocycles. The number of fused-ring (bicyclic) bond motifs is 1. The normalized spacial score (nSPS) is 9.38. The van der Waals surface area contributed by atoms with Crippen molar-refractivity contribution < 1.29 is 0 Å². The number of aromatic amines is 1. The van der Waals surface area contributed by atoms with Crippen LogP contribution >= 0.6 is 0 Å². The smallest absolute Gasteiger partial charge is 0.151 e. The topological polar surface area (TPSA) is 67.6 Å². The number of nitrogens with zero attached hydrogens (tertiary/aromatic N) is 2. The largest absolute Gasteiger partial charge is 0.382 e. The molecular formula is C9H14N4. The number of nitrogens with two attached hydrogens (primary N) is 1. The van der Waals surface area contributed by atoms with Crippen molar-refractivity contribution in [1.29, 1.82) is 0 Å². The van der Waals surface area contributed by atoms with E-state index in [1.807, 2.05) is 6.07 Å². The van der Waals surface area contributed by atoms with Crippen LogP contribution in [0, 0.1) is 0 Å². The highest BCUT2D eigenvalue weighted by atomic mass is 14.9. The van der Waals surface area contributed by atoms with E-state index in [0.29, 0.717) is 5.82 Å². The third-order valence-corrected chi connectivity index (χ3v) is 1.37. The molecule has 0 saturated heterocycles. The molecule has 0 bridgehead atoms. The Balaban J connectivity index is 0.000000251. The van der Waals surface area contributed by atoms with Crippen LogP contribution in [0.25, 0.3) is 11.0 Å². The molecule has 4 nitrogen and oxygen atoms in total. The molecule has 0 saturated carbocycles. The Morgan fingerprint density at radius 3 is 2.69 bits per heavy atom. The number of nitrogen functional groups attached to an aromatic ring is 1. The van der Waals surface area contributed by atoms with E-state index in [2.05, 4.69) is 28.8 Å². The molecule has 4 heteroatoms. The summed E-state index contributed by atoms with van der Waals surface area (Å²) in [7, 11) is 0. The van der Waals surface area contributed by atoms with E-state index >= 15 is 0 Å². The van der Waals surface area contributed by atoms with Gasteiger partial charge in [-0.3, -0.25) is 0 Å². The van der Waals surface area contributed by atoms with Crippen molar-refractivity contribution in [3.05, 3.63) is 18.6 Å². The summed E-state index contributed by atoms with van der Waals surface area (Å²) in [6.45, 7) is 4.25. The van der Waals surface area contributed by atoms with Gasteiger partial charge in [-0.15, -0.1) is 0 Å². The molecule has 2 rings (SSSR count). The summed E-state index contributed by atoms with van der Waals surface area (Å²) in [6, 6.07) is 1.83. The van der Waals surface area contributed by atoms with Crippen LogP contribution in [0.5, 0.6) is 0 Å². The number of anilines is 1. The summed E-state index contributed by atoms with van der Waals surface area (Å²) < 4.78 is 0. The van der Waals surface area contributed by atoms with Gasteiger partial charge in [-0.05, 0) is 6.07 Å². The summed E-state index contributed by atoms with van der Waals surface area (Å²) in [5.74, 6) is 0.471. The molecule has 0 aliphatic heterocycles. The lowest BCUT2D eigenvalue weighted by Gasteiger charge is -1.89. The number of hydrogen-bond donors (Lipinski definition) is 2. The van der Waals surface area contributed by atoms with E-state index in [1.54, 1.807) is 12.5 Å². The second kappa shape index (κ2) is 4.45. The molecule has 0 unspecified atom stereocenters. The first kappa shape index (κ1) is 9.51. The average molecular weight is 178 g/mol. The van der Waals surface area contributed by atoms with E-state index in [4.69, 9.17) is 5.73 Å². The summed E-state index contributed by atoms with van der Waals surface area (Å²) in [6.07, 6.45) is 4.50. The highest BCUT2D eigenvalue weighted by Crippen LogP contribution is 2.11. The molecule has 0 aromatic carbocycles. The Morgan fingerprint density at radius 2 is 2.08 bits per heavy atom. The van der Waals surface area contributed by atoms with Gasteiger partial charge in [0.1, 0.15) is 5.52 Å². The Morgan fingerprint density at radius 1 is 1.38 bits per heavy atom. The minimum absolute atomic E-state index is 0.471. The van der Waals surface area contributed by atoms with E-state index in [0.717, 1.165) is 11.0 Å². The highest BCUT2D eigenvalue weighted by molar-refractivity contribution is 5.83. The van der Waals surface area contributed by atoms with Crippen molar-refractivity contribution in [3.8, 4) is 0 Å². The molecule has 2 aromatic heterocycles. The molecule has 0 fully saturated rings. The van der Waals surface area contributed by atoms with Gasteiger partial charge in [-0.1, -0.05) is 20.3 Å². The van der Waals surface area contributed by atoms with Crippen LogP contribution in [-0.4, -0.2) is 15.0 Å². The zero-order valence-corrected chi connectivity index (χ0v) is 7.91. The standard InChI is InChI=1S/C6H6N4.C3H8/c7-6-5-4(1-2-8-6)9-3-10-5;1-3-2/h1-3H,(H2,7,8)(H,9,10);3H2,1-2H3. The molecule has 0 amide bonds. The van der Waals surface area contributed by atoms with Crippen LogP contribution in [0.15, 0.2) is 18.6 Å². The first-order chi connectivity index (χ1) is 6.29. The summed E-state index contributed by atoms with van der Waals surface area (Å²) >= 11 is 0. The van der Waals surface area contributed by atoms with E-state index in [1.165, 1.54) is 6.42 Å². The molecule has 70 valence electrons. The molecule has 2 aromatic rings. The third kappa shape index (κ3) is 2.18. The van der Waals surface area contributed by atoms with Gasteiger partial charge in [0.2, 0.25) is 0 Å². The van der Waals surface area contributed by atoms with Crippen molar-refractivity contribution >= 4 is 16.9 Å². The lowest BCUT2D eigenvalue weighted by Crippen LogP contribution is -1.89. The highest BCUT2D eigenvalue weighted by Gasteiger charge is 1.97. The zero-order chi connectivity index (χ0) is 9.68. The molecule has 0 atom stereocenters. The quantitative estimate of drug-likeness (QED) is 0.648. The summed E-state index contributed by atoms with van der Waals surface area (Å²) in [5, 5.41) is 0. The lowest BCUT2D eigenvalue weighted by atomic mass is 10.4. The van der Waals surface area contributed by atoms with Crippen LogP contribution in [-0.2, 0) is 0 Å². The maximum absolute atomic E-state index is 5.51. The summed E-state index contributed by atoms with van der Waals surface area (Å²) in [4.78, 5) is 10.8.